The summed E-state index contributed by atoms with van der Waals surface area (Å²) in [4.78, 5) is 28.2. The number of H-pyrrole nitrogens is 1. The zero-order valence-electron chi connectivity index (χ0n) is 15.2. The van der Waals surface area contributed by atoms with Crippen LogP contribution < -0.4 is 5.32 Å². The Morgan fingerprint density at radius 2 is 2.07 bits per heavy atom. The molecule has 0 saturated carbocycles. The smallest absolute Gasteiger partial charge is 0.326 e. The Morgan fingerprint density at radius 3 is 2.68 bits per heavy atom. The van der Waals surface area contributed by atoms with E-state index < -0.39 is 34.0 Å². The Balaban J connectivity index is 1.76. The number of hydrogen-bond acceptors (Lipinski definition) is 6. The van der Waals surface area contributed by atoms with Crippen LogP contribution in [0.25, 0.3) is 0 Å². The van der Waals surface area contributed by atoms with Crippen LogP contribution in [0, 0.1) is 6.92 Å². The van der Waals surface area contributed by atoms with E-state index in [0.29, 0.717) is 12.8 Å². The molecular formula is C17H21N5O5S. The van der Waals surface area contributed by atoms with Crippen molar-refractivity contribution in [2.45, 2.75) is 43.2 Å². The predicted molar refractivity (Wildman–Crippen MR) is 97.7 cm³/mol. The Morgan fingerprint density at radius 1 is 1.36 bits per heavy atom. The summed E-state index contributed by atoms with van der Waals surface area (Å²) < 4.78 is 27.0. The number of carbonyl (C=O) groups excluding carboxylic acids is 1. The van der Waals surface area contributed by atoms with E-state index in [1.54, 1.807) is 12.1 Å². The lowest BCUT2D eigenvalue weighted by Crippen LogP contribution is -2.51. The second-order valence-corrected chi connectivity index (χ2v) is 8.50. The Hall–Kier alpha value is -2.79. The molecule has 10 nitrogen and oxygen atoms in total. The van der Waals surface area contributed by atoms with Crippen LogP contribution in [0.2, 0.25) is 0 Å². The van der Waals surface area contributed by atoms with Gasteiger partial charge in [-0.1, -0.05) is 17.7 Å². The predicted octanol–water partition coefficient (Wildman–Crippen LogP) is 0.0783. The summed E-state index contributed by atoms with van der Waals surface area (Å²) in [6, 6.07) is 4.17. The Kier molecular flexibility index (Phi) is 5.75. The molecule has 11 heteroatoms. The third-order valence-electron chi connectivity index (χ3n) is 4.60. The molecular weight excluding hydrogens is 386 g/mol. The first kappa shape index (κ1) is 20.0. The van der Waals surface area contributed by atoms with Gasteiger partial charge >= 0.3 is 5.97 Å². The van der Waals surface area contributed by atoms with Crippen molar-refractivity contribution >= 4 is 21.9 Å². The van der Waals surface area contributed by atoms with Crippen LogP contribution in [0.3, 0.4) is 0 Å². The lowest BCUT2D eigenvalue weighted by atomic mass is 10.1. The number of benzene rings is 1. The maximum atomic E-state index is 12.9. The minimum Gasteiger partial charge on any atom is -0.480 e. The number of amides is 1. The van der Waals surface area contributed by atoms with Gasteiger partial charge in [-0.15, -0.1) is 0 Å². The van der Waals surface area contributed by atoms with E-state index in [1.165, 1.54) is 18.5 Å². The normalized spacial score (nSPS) is 18.7. The number of aliphatic carboxylic acids is 1. The standard InChI is InChI=1S/C17H21N5O5S/c1-11-4-6-12(7-5-11)28(26,27)22-8-2-3-14(22)16(23)20-13(17(24)25)9-15-18-10-19-21-15/h4-7,10,13-14H,2-3,8-9H2,1H3,(H,20,23)(H,24,25)(H,18,19,21)/t13-,14-/m0/s1. The van der Waals surface area contributed by atoms with Crippen molar-refractivity contribution in [2.24, 2.45) is 0 Å². The number of aromatic nitrogens is 3. The fourth-order valence-corrected chi connectivity index (χ4v) is 4.78. The first-order valence-corrected chi connectivity index (χ1v) is 10.2. The van der Waals surface area contributed by atoms with Gasteiger partial charge in [0.15, 0.2) is 5.82 Å². The number of hydrogen-bond donors (Lipinski definition) is 3. The van der Waals surface area contributed by atoms with Crippen molar-refractivity contribution in [1.82, 2.24) is 24.8 Å². The maximum absolute atomic E-state index is 12.9. The molecule has 0 aliphatic carbocycles. The van der Waals surface area contributed by atoms with Crippen molar-refractivity contribution in [3.05, 3.63) is 42.0 Å². The second kappa shape index (κ2) is 8.07. The molecule has 0 unspecified atom stereocenters. The summed E-state index contributed by atoms with van der Waals surface area (Å²) in [6.45, 7) is 2.05. The molecule has 3 rings (SSSR count). The van der Waals surface area contributed by atoms with E-state index in [2.05, 4.69) is 20.5 Å². The van der Waals surface area contributed by atoms with Crippen LogP contribution in [-0.2, 0) is 26.0 Å². The van der Waals surface area contributed by atoms with E-state index in [9.17, 15) is 23.1 Å². The average molecular weight is 407 g/mol. The molecule has 2 atom stereocenters. The molecule has 1 amide bonds. The van der Waals surface area contributed by atoms with Crippen molar-refractivity contribution in [3.63, 3.8) is 0 Å². The minimum absolute atomic E-state index is 0.105. The molecule has 0 bridgehead atoms. The quantitative estimate of drug-likeness (QED) is 0.589. The maximum Gasteiger partial charge on any atom is 0.326 e. The van der Waals surface area contributed by atoms with E-state index in [0.717, 1.165) is 9.87 Å². The van der Waals surface area contributed by atoms with Gasteiger partial charge in [0, 0.05) is 13.0 Å². The van der Waals surface area contributed by atoms with Crippen LogP contribution in [0.15, 0.2) is 35.5 Å². The lowest BCUT2D eigenvalue weighted by Gasteiger charge is -2.24. The largest absolute Gasteiger partial charge is 0.480 e. The number of aromatic amines is 1. The third kappa shape index (κ3) is 4.20. The van der Waals surface area contributed by atoms with Gasteiger partial charge in [0.1, 0.15) is 18.4 Å². The van der Waals surface area contributed by atoms with Gasteiger partial charge in [-0.25, -0.2) is 18.2 Å². The molecule has 1 aromatic heterocycles. The zero-order chi connectivity index (χ0) is 20.3. The van der Waals surface area contributed by atoms with Crippen LogP contribution in [0.4, 0.5) is 0 Å². The lowest BCUT2D eigenvalue weighted by molar-refractivity contribution is -0.142. The summed E-state index contributed by atoms with van der Waals surface area (Å²) >= 11 is 0. The molecule has 1 aliphatic rings. The highest BCUT2D eigenvalue weighted by atomic mass is 32.2. The molecule has 1 saturated heterocycles. The summed E-state index contributed by atoms with van der Waals surface area (Å²) in [5.41, 5.74) is 0.922. The number of nitrogens with one attached hydrogen (secondary N) is 2. The van der Waals surface area contributed by atoms with Crippen molar-refractivity contribution in [3.8, 4) is 0 Å². The summed E-state index contributed by atoms with van der Waals surface area (Å²) in [7, 11) is -3.86. The molecule has 3 N–H and O–H groups in total. The van der Waals surface area contributed by atoms with Crippen molar-refractivity contribution < 1.29 is 23.1 Å². The molecule has 2 heterocycles. The molecule has 2 aromatic rings. The van der Waals surface area contributed by atoms with Gasteiger partial charge in [0.25, 0.3) is 0 Å². The number of rotatable bonds is 7. The van der Waals surface area contributed by atoms with Crippen molar-refractivity contribution in [1.29, 1.82) is 0 Å². The molecule has 1 fully saturated rings. The number of carbonyl (C=O) groups is 2. The molecule has 1 aromatic carbocycles. The summed E-state index contributed by atoms with van der Waals surface area (Å²) in [6.07, 6.45) is 2.04. The van der Waals surface area contributed by atoms with Gasteiger partial charge in [-0.2, -0.15) is 9.40 Å². The Bertz CT molecular complexity index is 943. The van der Waals surface area contributed by atoms with E-state index >= 15 is 0 Å². The Labute approximate surface area is 162 Å². The van der Waals surface area contributed by atoms with E-state index in [4.69, 9.17) is 0 Å². The number of aryl methyl sites for hydroxylation is 1. The van der Waals surface area contributed by atoms with Gasteiger partial charge in [0.2, 0.25) is 15.9 Å². The van der Waals surface area contributed by atoms with Gasteiger partial charge in [-0.05, 0) is 31.9 Å². The minimum atomic E-state index is -3.86. The highest BCUT2D eigenvalue weighted by Gasteiger charge is 2.40. The van der Waals surface area contributed by atoms with Crippen LogP contribution in [0.5, 0.6) is 0 Å². The SMILES string of the molecule is Cc1ccc(S(=O)(=O)N2CCC[C@H]2C(=O)N[C@@H](Cc2nc[nH]n2)C(=O)O)cc1. The van der Waals surface area contributed by atoms with Gasteiger partial charge in [-0.3, -0.25) is 9.89 Å². The van der Waals surface area contributed by atoms with E-state index in [1.807, 2.05) is 6.92 Å². The van der Waals surface area contributed by atoms with Crippen LogP contribution in [-0.4, -0.2) is 63.5 Å². The molecule has 1 aliphatic heterocycles. The zero-order valence-corrected chi connectivity index (χ0v) is 16.0. The number of nitrogens with zero attached hydrogens (tertiary/aromatic N) is 3. The highest BCUT2D eigenvalue weighted by Crippen LogP contribution is 2.26. The molecule has 0 spiro atoms. The third-order valence-corrected chi connectivity index (χ3v) is 6.52. The first-order valence-electron chi connectivity index (χ1n) is 8.75. The summed E-state index contributed by atoms with van der Waals surface area (Å²) in [5, 5.41) is 18.1. The number of sulfonamides is 1. The average Bonchev–Trinajstić information content (AvgIpc) is 3.33. The topological polar surface area (TPSA) is 145 Å². The molecule has 28 heavy (non-hydrogen) atoms. The fourth-order valence-electron chi connectivity index (χ4n) is 3.12. The van der Waals surface area contributed by atoms with E-state index in [-0.39, 0.29) is 23.7 Å². The second-order valence-electron chi connectivity index (χ2n) is 6.61. The monoisotopic (exact) mass is 407 g/mol. The van der Waals surface area contributed by atoms with Crippen molar-refractivity contribution in [2.75, 3.05) is 6.54 Å². The summed E-state index contributed by atoms with van der Waals surface area (Å²) in [5.74, 6) is -1.65. The van der Waals surface area contributed by atoms with Gasteiger partial charge < -0.3 is 10.4 Å². The van der Waals surface area contributed by atoms with Crippen LogP contribution in [0.1, 0.15) is 24.2 Å². The number of carboxylic acids is 1. The fraction of sp³-hybridized carbons (Fsp3) is 0.412. The van der Waals surface area contributed by atoms with Crippen LogP contribution >= 0.6 is 0 Å². The highest BCUT2D eigenvalue weighted by molar-refractivity contribution is 7.89. The first-order chi connectivity index (χ1) is 13.3. The molecule has 0 radical (unpaired) electrons. The number of carboxylic acid groups (broad SMARTS) is 1. The molecule has 150 valence electrons. The van der Waals surface area contributed by atoms with Gasteiger partial charge in [0.05, 0.1) is 4.90 Å².